The molecule has 2 aliphatic rings. The summed E-state index contributed by atoms with van der Waals surface area (Å²) in [6.45, 7) is 5.96. The Labute approximate surface area is 189 Å². The highest BCUT2D eigenvalue weighted by Gasteiger charge is 2.47. The molecule has 4 rings (SSSR count). The van der Waals surface area contributed by atoms with Gasteiger partial charge in [0.15, 0.2) is 5.78 Å². The van der Waals surface area contributed by atoms with Gasteiger partial charge in [0, 0.05) is 23.4 Å². The van der Waals surface area contributed by atoms with Crippen molar-refractivity contribution >= 4 is 38.7 Å². The van der Waals surface area contributed by atoms with Gasteiger partial charge in [0.25, 0.3) is 0 Å². The van der Waals surface area contributed by atoms with Crippen LogP contribution in [-0.2, 0) is 19.6 Å². The minimum absolute atomic E-state index is 0.0530. The van der Waals surface area contributed by atoms with Crippen molar-refractivity contribution < 1.29 is 18.0 Å². The van der Waals surface area contributed by atoms with Crippen molar-refractivity contribution in [1.82, 2.24) is 0 Å². The van der Waals surface area contributed by atoms with Crippen molar-refractivity contribution in [1.29, 1.82) is 0 Å². The number of carbonyl (C=O) groups is 2. The number of aliphatic imine (C=N–C) groups is 1. The molecule has 1 saturated carbocycles. The molecule has 0 spiro atoms. The van der Waals surface area contributed by atoms with E-state index in [0.717, 1.165) is 23.8 Å². The fourth-order valence-corrected chi connectivity index (χ4v) is 5.20. The molecule has 0 radical (unpaired) electrons. The van der Waals surface area contributed by atoms with Crippen LogP contribution in [-0.4, -0.2) is 32.0 Å². The third-order valence-electron chi connectivity index (χ3n) is 6.58. The van der Waals surface area contributed by atoms with Crippen LogP contribution in [0.5, 0.6) is 0 Å². The molecule has 1 aliphatic carbocycles. The Morgan fingerprint density at radius 2 is 1.72 bits per heavy atom. The lowest BCUT2D eigenvalue weighted by Crippen LogP contribution is -2.43. The van der Waals surface area contributed by atoms with Crippen molar-refractivity contribution in [2.75, 3.05) is 11.0 Å². The minimum Gasteiger partial charge on any atom is -0.299 e. The van der Waals surface area contributed by atoms with Crippen LogP contribution in [0.3, 0.4) is 0 Å². The van der Waals surface area contributed by atoms with Gasteiger partial charge in [-0.15, -0.1) is 0 Å². The summed E-state index contributed by atoms with van der Waals surface area (Å²) in [7, 11) is -3.44. The SMILES string of the molecule is CCCC1=Nc2ccc(NS(C)(=O)=O)cc2C(c2ccc(C3CC(=O)C3(C)C)cc2)C1=O. The van der Waals surface area contributed by atoms with Crippen LogP contribution in [0.25, 0.3) is 0 Å². The van der Waals surface area contributed by atoms with Crippen molar-refractivity contribution in [3.8, 4) is 0 Å². The topological polar surface area (TPSA) is 92.7 Å². The first-order valence-corrected chi connectivity index (χ1v) is 12.8. The molecule has 2 aromatic rings. The first kappa shape index (κ1) is 22.4. The highest BCUT2D eigenvalue weighted by molar-refractivity contribution is 7.92. The molecule has 2 aromatic carbocycles. The maximum absolute atomic E-state index is 13.4. The Kier molecular flexibility index (Phi) is 5.57. The minimum atomic E-state index is -3.44. The first-order valence-electron chi connectivity index (χ1n) is 10.9. The van der Waals surface area contributed by atoms with Gasteiger partial charge >= 0.3 is 0 Å². The van der Waals surface area contributed by atoms with E-state index in [4.69, 9.17) is 0 Å². The van der Waals surface area contributed by atoms with Crippen LogP contribution in [0.2, 0.25) is 0 Å². The summed E-state index contributed by atoms with van der Waals surface area (Å²) < 4.78 is 25.9. The second-order valence-corrected chi connectivity index (χ2v) is 11.1. The van der Waals surface area contributed by atoms with E-state index in [0.29, 0.717) is 35.5 Å². The number of hydrogen-bond donors (Lipinski definition) is 1. The lowest BCUT2D eigenvalue weighted by molar-refractivity contribution is -0.137. The van der Waals surface area contributed by atoms with Crippen molar-refractivity contribution in [2.24, 2.45) is 10.4 Å². The van der Waals surface area contributed by atoms with Gasteiger partial charge in [-0.25, -0.2) is 13.4 Å². The maximum Gasteiger partial charge on any atom is 0.229 e. The number of nitrogens with one attached hydrogen (secondary N) is 1. The zero-order valence-electron chi connectivity index (χ0n) is 18.8. The summed E-state index contributed by atoms with van der Waals surface area (Å²) in [4.78, 5) is 29.9. The lowest BCUT2D eigenvalue weighted by atomic mass is 9.59. The van der Waals surface area contributed by atoms with E-state index in [1.54, 1.807) is 18.2 Å². The fraction of sp³-hybridized carbons (Fsp3) is 0.400. The van der Waals surface area contributed by atoms with Crippen LogP contribution in [0.15, 0.2) is 47.5 Å². The fourth-order valence-electron chi connectivity index (χ4n) is 4.64. The van der Waals surface area contributed by atoms with E-state index < -0.39 is 15.9 Å². The number of benzene rings is 2. The Bertz CT molecular complexity index is 1230. The second kappa shape index (κ2) is 7.96. The maximum atomic E-state index is 13.4. The first-order chi connectivity index (χ1) is 15.0. The number of sulfonamides is 1. The van der Waals surface area contributed by atoms with Gasteiger partial charge in [0.1, 0.15) is 5.78 Å². The monoisotopic (exact) mass is 452 g/mol. The number of rotatable bonds is 6. The van der Waals surface area contributed by atoms with E-state index in [-0.39, 0.29) is 22.9 Å². The summed E-state index contributed by atoms with van der Waals surface area (Å²) in [5.74, 6) is -0.145. The van der Waals surface area contributed by atoms with Crippen molar-refractivity contribution in [3.63, 3.8) is 0 Å². The molecule has 2 atom stereocenters. The van der Waals surface area contributed by atoms with Crippen LogP contribution in [0, 0.1) is 5.41 Å². The molecule has 168 valence electrons. The standard InChI is InChI=1S/C25H28N2O4S/c1-5-6-21-24(29)23(18-13-17(27-32(4,30)31)11-12-20(18)26-21)16-9-7-15(8-10-16)19-14-22(28)25(19,2)3/h7-13,19,23,27H,5-6,14H2,1-4H3. The largest absolute Gasteiger partial charge is 0.299 e. The molecule has 0 saturated heterocycles. The van der Waals surface area contributed by atoms with E-state index in [1.165, 1.54) is 0 Å². The van der Waals surface area contributed by atoms with Gasteiger partial charge in [0.2, 0.25) is 10.0 Å². The molecule has 6 nitrogen and oxygen atoms in total. The third-order valence-corrected chi connectivity index (χ3v) is 7.19. The third kappa shape index (κ3) is 4.01. The predicted octanol–water partition coefficient (Wildman–Crippen LogP) is 4.73. The summed E-state index contributed by atoms with van der Waals surface area (Å²) in [6.07, 6.45) is 3.04. The van der Waals surface area contributed by atoms with Crippen LogP contribution >= 0.6 is 0 Å². The number of anilines is 1. The molecule has 1 N–H and O–H groups in total. The van der Waals surface area contributed by atoms with Gasteiger partial charge < -0.3 is 0 Å². The average Bonchev–Trinajstić information content (AvgIpc) is 2.72. The zero-order chi connectivity index (χ0) is 23.3. The molecule has 1 heterocycles. The number of hydrogen-bond acceptors (Lipinski definition) is 5. The summed E-state index contributed by atoms with van der Waals surface area (Å²) >= 11 is 0. The van der Waals surface area contributed by atoms with Crippen molar-refractivity contribution in [2.45, 2.75) is 51.9 Å². The van der Waals surface area contributed by atoms with E-state index in [9.17, 15) is 18.0 Å². The Morgan fingerprint density at radius 1 is 1.06 bits per heavy atom. The van der Waals surface area contributed by atoms with Gasteiger partial charge in [-0.05, 0) is 41.3 Å². The molecular formula is C25H28N2O4S. The summed E-state index contributed by atoms with van der Waals surface area (Å²) in [6, 6.07) is 13.0. The molecule has 7 heteroatoms. The smallest absolute Gasteiger partial charge is 0.229 e. The second-order valence-electron chi connectivity index (χ2n) is 9.32. The predicted molar refractivity (Wildman–Crippen MR) is 126 cm³/mol. The highest BCUT2D eigenvalue weighted by Crippen LogP contribution is 2.49. The van der Waals surface area contributed by atoms with Crippen molar-refractivity contribution in [3.05, 3.63) is 59.2 Å². The normalized spacial score (nSPS) is 22.1. The van der Waals surface area contributed by atoms with Gasteiger partial charge in [0.05, 0.1) is 23.6 Å². The molecule has 32 heavy (non-hydrogen) atoms. The average molecular weight is 453 g/mol. The summed E-state index contributed by atoms with van der Waals surface area (Å²) in [5.41, 5.74) is 3.90. The van der Waals surface area contributed by atoms with Gasteiger partial charge in [-0.2, -0.15) is 0 Å². The molecule has 2 unspecified atom stereocenters. The van der Waals surface area contributed by atoms with Gasteiger partial charge in [-0.1, -0.05) is 51.5 Å². The zero-order valence-corrected chi connectivity index (χ0v) is 19.6. The van der Waals surface area contributed by atoms with Gasteiger partial charge in [-0.3, -0.25) is 14.3 Å². The Balaban J connectivity index is 1.74. The molecule has 1 aliphatic heterocycles. The van der Waals surface area contributed by atoms with E-state index in [2.05, 4.69) is 9.71 Å². The Morgan fingerprint density at radius 3 is 2.28 bits per heavy atom. The molecule has 0 amide bonds. The molecule has 1 fully saturated rings. The van der Waals surface area contributed by atoms with Crippen LogP contribution < -0.4 is 4.72 Å². The number of carbonyl (C=O) groups excluding carboxylic acids is 2. The molecular weight excluding hydrogens is 424 g/mol. The Hall–Kier alpha value is -2.80. The quantitative estimate of drug-likeness (QED) is 0.686. The van der Waals surface area contributed by atoms with Crippen LogP contribution in [0.4, 0.5) is 11.4 Å². The van der Waals surface area contributed by atoms with E-state index in [1.807, 2.05) is 45.0 Å². The van der Waals surface area contributed by atoms with E-state index >= 15 is 0 Å². The highest BCUT2D eigenvalue weighted by atomic mass is 32.2. The molecule has 0 bridgehead atoms. The number of ketones is 2. The number of Topliss-reactive ketones (excluding diaryl/α,β-unsaturated/α-hetero) is 2. The van der Waals surface area contributed by atoms with Crippen LogP contribution in [0.1, 0.15) is 68.6 Å². The molecule has 0 aromatic heterocycles. The number of fused-ring (bicyclic) bond motifs is 1. The number of nitrogens with zero attached hydrogens (tertiary/aromatic N) is 1. The summed E-state index contributed by atoms with van der Waals surface area (Å²) in [5, 5.41) is 0. The lowest BCUT2D eigenvalue weighted by Gasteiger charge is -2.43.